The molecule has 5 rings (SSSR count). The summed E-state index contributed by atoms with van der Waals surface area (Å²) < 4.78 is 7.72. The first kappa shape index (κ1) is 27.3. The molecule has 0 bridgehead atoms. The Kier molecular flexibility index (Phi) is 8.12. The molecule has 206 valence electrons. The number of aryl methyl sites for hydroxylation is 1. The Labute approximate surface area is 234 Å². The van der Waals surface area contributed by atoms with Gasteiger partial charge in [0.2, 0.25) is 5.58 Å². The number of furan rings is 1. The molecule has 0 saturated carbocycles. The van der Waals surface area contributed by atoms with E-state index in [0.717, 1.165) is 16.5 Å². The maximum atomic E-state index is 14.1. The highest BCUT2D eigenvalue weighted by Gasteiger charge is 2.32. The monoisotopic (exact) mass is 536 g/mol. The lowest BCUT2D eigenvalue weighted by molar-refractivity contribution is 0.0636. The van der Waals surface area contributed by atoms with Crippen LogP contribution in [0.15, 0.2) is 88.1 Å². The molecule has 1 atom stereocenters. The number of hydrogen-bond acceptors (Lipinski definition) is 5. The van der Waals surface area contributed by atoms with Gasteiger partial charge in [-0.25, -0.2) is 4.98 Å². The van der Waals surface area contributed by atoms with Crippen LogP contribution in [-0.2, 0) is 6.54 Å². The fourth-order valence-electron chi connectivity index (χ4n) is 5.20. The lowest BCUT2D eigenvalue weighted by Gasteiger charge is -2.34. The van der Waals surface area contributed by atoms with Crippen molar-refractivity contribution in [1.29, 1.82) is 0 Å². The van der Waals surface area contributed by atoms with Crippen molar-refractivity contribution in [2.45, 2.75) is 46.2 Å². The minimum atomic E-state index is -0.449. The molecule has 7 heteroatoms. The van der Waals surface area contributed by atoms with Crippen LogP contribution in [0.25, 0.3) is 22.1 Å². The summed E-state index contributed by atoms with van der Waals surface area (Å²) in [5.74, 6) is 0.686. The summed E-state index contributed by atoms with van der Waals surface area (Å²) in [7, 11) is 0. The van der Waals surface area contributed by atoms with E-state index in [0.29, 0.717) is 55.0 Å². The van der Waals surface area contributed by atoms with Gasteiger partial charge in [0, 0.05) is 17.5 Å². The standard InChI is InChI=1S/C33H36N4O3/c1-22(2)20-27(36(19-9-18-34)32(38)25-16-14-23(3)15-17-25)31-35-29-26-12-7-8-13-28(26)40-30(29)33(39)37(31)21-24-10-5-4-6-11-24/h4-8,10-17,22,27H,9,18-21,34H2,1-3H3. The average Bonchev–Trinajstić information content (AvgIpc) is 3.33. The van der Waals surface area contributed by atoms with E-state index in [4.69, 9.17) is 15.1 Å². The lowest BCUT2D eigenvalue weighted by atomic mass is 9.99. The molecule has 40 heavy (non-hydrogen) atoms. The quantitative estimate of drug-likeness (QED) is 0.234. The van der Waals surface area contributed by atoms with Crippen molar-refractivity contribution in [2.75, 3.05) is 13.1 Å². The van der Waals surface area contributed by atoms with E-state index >= 15 is 0 Å². The Hall–Kier alpha value is -4.23. The predicted molar refractivity (Wildman–Crippen MR) is 159 cm³/mol. The molecule has 2 aromatic heterocycles. The predicted octanol–water partition coefficient (Wildman–Crippen LogP) is 6.08. The maximum Gasteiger partial charge on any atom is 0.297 e. The van der Waals surface area contributed by atoms with Gasteiger partial charge in [0.1, 0.15) is 16.9 Å². The largest absolute Gasteiger partial charge is 0.448 e. The number of aromatic nitrogens is 2. The van der Waals surface area contributed by atoms with Gasteiger partial charge in [-0.1, -0.05) is 74.0 Å². The van der Waals surface area contributed by atoms with Crippen molar-refractivity contribution in [3.63, 3.8) is 0 Å². The fourth-order valence-corrected chi connectivity index (χ4v) is 5.20. The number of carbonyl (C=O) groups is 1. The summed E-state index contributed by atoms with van der Waals surface area (Å²) >= 11 is 0. The zero-order valence-corrected chi connectivity index (χ0v) is 23.3. The number of benzene rings is 3. The van der Waals surface area contributed by atoms with Gasteiger partial charge >= 0.3 is 0 Å². The molecule has 0 aliphatic carbocycles. The normalized spacial score (nSPS) is 12.3. The highest BCUT2D eigenvalue weighted by molar-refractivity contribution is 6.02. The summed E-state index contributed by atoms with van der Waals surface area (Å²) in [6, 6.07) is 24.5. The van der Waals surface area contributed by atoms with E-state index in [1.807, 2.05) is 90.7 Å². The second-order valence-electron chi connectivity index (χ2n) is 10.8. The van der Waals surface area contributed by atoms with Crippen LogP contribution in [0.3, 0.4) is 0 Å². The average molecular weight is 537 g/mol. The third-order valence-electron chi connectivity index (χ3n) is 7.23. The molecule has 0 aliphatic rings. The number of amides is 1. The Bertz CT molecular complexity index is 1670. The van der Waals surface area contributed by atoms with E-state index in [1.54, 1.807) is 4.57 Å². The van der Waals surface area contributed by atoms with Gasteiger partial charge in [-0.15, -0.1) is 0 Å². The highest BCUT2D eigenvalue weighted by atomic mass is 16.3. The third-order valence-corrected chi connectivity index (χ3v) is 7.23. The van der Waals surface area contributed by atoms with Gasteiger partial charge in [-0.3, -0.25) is 14.2 Å². The van der Waals surface area contributed by atoms with E-state index < -0.39 is 6.04 Å². The number of fused-ring (bicyclic) bond motifs is 3. The maximum absolute atomic E-state index is 14.1. The Balaban J connectivity index is 1.75. The zero-order valence-electron chi connectivity index (χ0n) is 23.3. The summed E-state index contributed by atoms with van der Waals surface area (Å²) in [5.41, 5.74) is 9.69. The molecule has 0 aliphatic heterocycles. The molecular weight excluding hydrogens is 500 g/mol. The van der Waals surface area contributed by atoms with Crippen LogP contribution < -0.4 is 11.3 Å². The molecule has 0 radical (unpaired) electrons. The second kappa shape index (κ2) is 11.9. The molecule has 5 aromatic rings. The van der Waals surface area contributed by atoms with Crippen LogP contribution in [0.4, 0.5) is 0 Å². The first-order valence-corrected chi connectivity index (χ1v) is 13.9. The minimum absolute atomic E-state index is 0.100. The van der Waals surface area contributed by atoms with Gasteiger partial charge in [0.25, 0.3) is 11.5 Å². The zero-order chi connectivity index (χ0) is 28.2. The van der Waals surface area contributed by atoms with Crippen molar-refractivity contribution >= 4 is 28.0 Å². The van der Waals surface area contributed by atoms with Crippen molar-refractivity contribution in [2.24, 2.45) is 11.7 Å². The number of hydrogen-bond donors (Lipinski definition) is 1. The van der Waals surface area contributed by atoms with E-state index in [-0.39, 0.29) is 23.0 Å². The number of para-hydroxylation sites is 1. The lowest BCUT2D eigenvalue weighted by Crippen LogP contribution is -2.40. The van der Waals surface area contributed by atoms with Gasteiger partial charge in [0.15, 0.2) is 0 Å². The molecule has 1 unspecified atom stereocenters. The molecule has 2 heterocycles. The number of carbonyl (C=O) groups excluding carboxylic acids is 1. The smallest absolute Gasteiger partial charge is 0.297 e. The topological polar surface area (TPSA) is 94.4 Å². The van der Waals surface area contributed by atoms with Crippen LogP contribution >= 0.6 is 0 Å². The van der Waals surface area contributed by atoms with Crippen LogP contribution in [0.2, 0.25) is 0 Å². The first-order valence-electron chi connectivity index (χ1n) is 13.9. The molecule has 0 saturated heterocycles. The molecule has 3 aromatic carbocycles. The van der Waals surface area contributed by atoms with Crippen LogP contribution in [0, 0.1) is 12.8 Å². The molecule has 0 spiro atoms. The summed E-state index contributed by atoms with van der Waals surface area (Å²) in [6.45, 7) is 7.45. The van der Waals surface area contributed by atoms with Gasteiger partial charge in [-0.2, -0.15) is 0 Å². The second-order valence-corrected chi connectivity index (χ2v) is 10.8. The fraction of sp³-hybridized carbons (Fsp3) is 0.303. The summed E-state index contributed by atoms with van der Waals surface area (Å²) in [4.78, 5) is 35.2. The molecule has 7 nitrogen and oxygen atoms in total. The number of nitrogens with zero attached hydrogens (tertiary/aromatic N) is 3. The van der Waals surface area contributed by atoms with E-state index in [2.05, 4.69) is 13.8 Å². The molecule has 0 fully saturated rings. The van der Waals surface area contributed by atoms with E-state index in [9.17, 15) is 9.59 Å². The SMILES string of the molecule is Cc1ccc(C(=O)N(CCCN)C(CC(C)C)c2nc3c(oc4ccccc43)c(=O)n2Cc2ccccc2)cc1. The Morgan fingerprint density at radius 1 is 1.00 bits per heavy atom. The van der Waals surface area contributed by atoms with Gasteiger partial charge in [-0.05, 0) is 62.1 Å². The summed E-state index contributed by atoms with van der Waals surface area (Å²) in [6.07, 6.45) is 1.26. The van der Waals surface area contributed by atoms with Crippen molar-refractivity contribution in [3.05, 3.63) is 112 Å². The Morgan fingerprint density at radius 3 is 2.40 bits per heavy atom. The molecule has 2 N–H and O–H groups in total. The summed E-state index contributed by atoms with van der Waals surface area (Å²) in [5, 5.41) is 0.782. The van der Waals surface area contributed by atoms with Crippen molar-refractivity contribution in [3.8, 4) is 0 Å². The number of rotatable bonds is 10. The van der Waals surface area contributed by atoms with Gasteiger partial charge < -0.3 is 15.1 Å². The van der Waals surface area contributed by atoms with Crippen LogP contribution in [0.5, 0.6) is 0 Å². The van der Waals surface area contributed by atoms with Crippen LogP contribution in [-0.4, -0.2) is 33.4 Å². The van der Waals surface area contributed by atoms with Crippen LogP contribution in [0.1, 0.15) is 60.0 Å². The van der Waals surface area contributed by atoms with Gasteiger partial charge in [0.05, 0.1) is 12.6 Å². The molecular formula is C33H36N4O3. The van der Waals surface area contributed by atoms with Crippen molar-refractivity contribution < 1.29 is 9.21 Å². The van der Waals surface area contributed by atoms with Crippen molar-refractivity contribution in [1.82, 2.24) is 14.5 Å². The third kappa shape index (κ3) is 5.56. The first-order chi connectivity index (χ1) is 19.4. The minimum Gasteiger partial charge on any atom is -0.448 e. The number of nitrogens with two attached hydrogens (primary N) is 1. The molecule has 1 amide bonds. The Morgan fingerprint density at radius 2 is 1.70 bits per heavy atom. The highest BCUT2D eigenvalue weighted by Crippen LogP contribution is 2.32. The van der Waals surface area contributed by atoms with E-state index in [1.165, 1.54) is 0 Å².